The Labute approximate surface area is 75.8 Å². The number of phenolic OH excluding ortho intramolecular Hbond substituents is 1. The van der Waals surface area contributed by atoms with E-state index in [1.54, 1.807) is 12.1 Å². The van der Waals surface area contributed by atoms with E-state index in [4.69, 9.17) is 5.11 Å². The van der Waals surface area contributed by atoms with Gasteiger partial charge in [0.2, 0.25) is 0 Å². The summed E-state index contributed by atoms with van der Waals surface area (Å²) in [7, 11) is 0. The second-order valence-electron chi connectivity index (χ2n) is 1.71. The van der Waals surface area contributed by atoms with Crippen molar-refractivity contribution in [3.05, 3.63) is 29.8 Å². The van der Waals surface area contributed by atoms with Crippen LogP contribution in [0.2, 0.25) is 0 Å². The van der Waals surface area contributed by atoms with E-state index in [0.29, 0.717) is 5.56 Å². The van der Waals surface area contributed by atoms with Gasteiger partial charge >= 0.3 is 0 Å². The molecule has 50 valence electrons. The summed E-state index contributed by atoms with van der Waals surface area (Å²) >= 11 is 0. The first-order valence-corrected chi connectivity index (χ1v) is 2.57. The van der Waals surface area contributed by atoms with E-state index in [1.807, 2.05) is 0 Å². The first-order valence-electron chi connectivity index (χ1n) is 2.57. The molecule has 1 N–H and O–H groups in total. The van der Waals surface area contributed by atoms with Crippen molar-refractivity contribution in [2.45, 2.75) is 0 Å². The van der Waals surface area contributed by atoms with Crippen molar-refractivity contribution in [2.24, 2.45) is 0 Å². The Bertz CT molecular complexity index is 205. The molecular formula is C7H6O2Sn. The number of phenols is 1. The fraction of sp³-hybridized carbons (Fsp3) is 0. The molecule has 2 nitrogen and oxygen atoms in total. The second kappa shape index (κ2) is 4.33. The van der Waals surface area contributed by atoms with Crippen LogP contribution in [0.5, 0.6) is 5.75 Å². The zero-order valence-electron chi connectivity index (χ0n) is 5.24. The van der Waals surface area contributed by atoms with E-state index in [0.717, 1.165) is 6.29 Å². The Morgan fingerprint density at radius 1 is 1.20 bits per heavy atom. The molecule has 0 amide bonds. The predicted octanol–water partition coefficient (Wildman–Crippen LogP) is 0.824. The number of hydrogen-bond donors (Lipinski definition) is 1. The smallest absolute Gasteiger partial charge is 0.150 e. The quantitative estimate of drug-likeness (QED) is 0.583. The van der Waals surface area contributed by atoms with Crippen LogP contribution in [0.3, 0.4) is 0 Å². The molecule has 0 atom stereocenters. The van der Waals surface area contributed by atoms with Gasteiger partial charge in [-0.3, -0.25) is 4.79 Å². The van der Waals surface area contributed by atoms with Crippen molar-refractivity contribution in [3.63, 3.8) is 0 Å². The third kappa shape index (κ3) is 2.39. The molecule has 0 aliphatic rings. The van der Waals surface area contributed by atoms with Crippen LogP contribution >= 0.6 is 0 Å². The first-order chi connectivity index (χ1) is 4.33. The molecule has 0 spiro atoms. The van der Waals surface area contributed by atoms with Gasteiger partial charge < -0.3 is 5.11 Å². The Morgan fingerprint density at radius 3 is 2.10 bits per heavy atom. The number of rotatable bonds is 1. The van der Waals surface area contributed by atoms with Crippen LogP contribution in [-0.4, -0.2) is 35.3 Å². The summed E-state index contributed by atoms with van der Waals surface area (Å²) in [6.07, 6.45) is 0.736. The zero-order chi connectivity index (χ0) is 6.69. The maximum Gasteiger partial charge on any atom is 0.150 e. The molecule has 0 fully saturated rings. The van der Waals surface area contributed by atoms with Crippen molar-refractivity contribution >= 4 is 30.2 Å². The Balaban J connectivity index is 0.000000810. The van der Waals surface area contributed by atoms with Crippen molar-refractivity contribution in [2.75, 3.05) is 0 Å². The van der Waals surface area contributed by atoms with Gasteiger partial charge in [-0.05, 0) is 24.3 Å². The molecule has 10 heavy (non-hydrogen) atoms. The number of benzene rings is 1. The summed E-state index contributed by atoms with van der Waals surface area (Å²) in [4.78, 5) is 10.0. The topological polar surface area (TPSA) is 37.3 Å². The molecule has 0 aliphatic carbocycles. The van der Waals surface area contributed by atoms with Gasteiger partial charge in [0.1, 0.15) is 12.0 Å². The van der Waals surface area contributed by atoms with Crippen LogP contribution in [0, 0.1) is 0 Å². The molecule has 3 heteroatoms. The number of aldehydes is 1. The van der Waals surface area contributed by atoms with Gasteiger partial charge in [0.25, 0.3) is 0 Å². The van der Waals surface area contributed by atoms with Crippen LogP contribution in [0.25, 0.3) is 0 Å². The number of aromatic hydroxyl groups is 1. The molecule has 0 heterocycles. The summed E-state index contributed by atoms with van der Waals surface area (Å²) < 4.78 is 0. The number of hydrogen-bond acceptors (Lipinski definition) is 2. The number of carbonyl (C=O) groups excluding carboxylic acids is 1. The predicted molar refractivity (Wildman–Crippen MR) is 39.2 cm³/mol. The van der Waals surface area contributed by atoms with Crippen molar-refractivity contribution in [1.82, 2.24) is 0 Å². The van der Waals surface area contributed by atoms with E-state index in [9.17, 15) is 4.79 Å². The van der Waals surface area contributed by atoms with E-state index in [2.05, 4.69) is 0 Å². The van der Waals surface area contributed by atoms with Crippen LogP contribution in [0.15, 0.2) is 24.3 Å². The van der Waals surface area contributed by atoms with Gasteiger partial charge in [0.15, 0.2) is 0 Å². The summed E-state index contributed by atoms with van der Waals surface area (Å²) in [5.41, 5.74) is 0.577. The van der Waals surface area contributed by atoms with Gasteiger partial charge in [-0.15, -0.1) is 0 Å². The zero-order valence-corrected chi connectivity index (χ0v) is 8.10. The fourth-order valence-electron chi connectivity index (χ4n) is 0.553. The Morgan fingerprint density at radius 2 is 1.70 bits per heavy atom. The summed E-state index contributed by atoms with van der Waals surface area (Å²) in [6.45, 7) is 0. The third-order valence-corrected chi connectivity index (χ3v) is 1.03. The van der Waals surface area contributed by atoms with Crippen LogP contribution in [0.1, 0.15) is 10.4 Å². The van der Waals surface area contributed by atoms with Gasteiger partial charge in [0, 0.05) is 29.5 Å². The van der Waals surface area contributed by atoms with Gasteiger partial charge in [-0.25, -0.2) is 0 Å². The summed E-state index contributed by atoms with van der Waals surface area (Å²) in [6, 6.07) is 6.07. The summed E-state index contributed by atoms with van der Waals surface area (Å²) in [5, 5.41) is 8.74. The normalized spacial score (nSPS) is 8.00. The molecule has 1 aromatic carbocycles. The van der Waals surface area contributed by atoms with Gasteiger partial charge in [0.05, 0.1) is 0 Å². The standard InChI is InChI=1S/C7H6O2.Sn/c8-5-6-1-3-7(9)4-2-6;/h1-5,9H;. The van der Waals surface area contributed by atoms with Gasteiger partial charge in [-0.1, -0.05) is 0 Å². The molecule has 0 aromatic heterocycles. The molecule has 1 aromatic rings. The number of carbonyl (C=O) groups is 1. The largest absolute Gasteiger partial charge is 0.508 e. The SMILES string of the molecule is O=Cc1ccc(O)cc1.[Sn]. The average Bonchev–Trinajstić information content (AvgIpc) is 1.90. The third-order valence-electron chi connectivity index (χ3n) is 1.03. The van der Waals surface area contributed by atoms with Crippen molar-refractivity contribution in [1.29, 1.82) is 0 Å². The molecule has 0 saturated carbocycles. The van der Waals surface area contributed by atoms with Crippen LogP contribution in [-0.2, 0) is 0 Å². The monoisotopic (exact) mass is 242 g/mol. The minimum atomic E-state index is 0. The van der Waals surface area contributed by atoms with Crippen LogP contribution < -0.4 is 0 Å². The summed E-state index contributed by atoms with van der Waals surface area (Å²) in [5.74, 6) is 0.181. The maximum absolute atomic E-state index is 10.0. The Hall–Kier alpha value is -0.511. The minimum absolute atomic E-state index is 0. The molecule has 0 unspecified atom stereocenters. The van der Waals surface area contributed by atoms with E-state index in [1.165, 1.54) is 12.1 Å². The minimum Gasteiger partial charge on any atom is -0.508 e. The molecule has 1 rings (SSSR count). The molecule has 0 saturated heterocycles. The molecular weight excluding hydrogens is 235 g/mol. The van der Waals surface area contributed by atoms with Crippen molar-refractivity contribution < 1.29 is 9.90 Å². The molecule has 0 aliphatic heterocycles. The fourth-order valence-corrected chi connectivity index (χ4v) is 0.553. The molecule has 0 bridgehead atoms. The molecule has 4 radical (unpaired) electrons. The van der Waals surface area contributed by atoms with E-state index >= 15 is 0 Å². The first kappa shape index (κ1) is 9.49. The second-order valence-corrected chi connectivity index (χ2v) is 1.71. The van der Waals surface area contributed by atoms with Gasteiger partial charge in [-0.2, -0.15) is 0 Å². The van der Waals surface area contributed by atoms with Crippen molar-refractivity contribution in [3.8, 4) is 5.75 Å². The van der Waals surface area contributed by atoms with Crippen LogP contribution in [0.4, 0.5) is 0 Å². The Kier molecular flexibility index (Phi) is 4.11. The van der Waals surface area contributed by atoms with E-state index in [-0.39, 0.29) is 29.7 Å². The van der Waals surface area contributed by atoms with E-state index < -0.39 is 0 Å². The average molecular weight is 241 g/mol. The maximum atomic E-state index is 10.0.